The van der Waals surface area contributed by atoms with Crippen LogP contribution in [-0.4, -0.2) is 10.9 Å². The standard InChI is InChI=1S/C21H16ClN3O/c22-17-10-8-15(9-11-17)19(13-18-6-3-4-12-24-18)21(26)25-20-7-2-1-5-16(20)14-23/h1-12,19H,13H2,(H,25,26). The quantitative estimate of drug-likeness (QED) is 0.723. The number of pyridine rings is 1. The number of benzene rings is 2. The smallest absolute Gasteiger partial charge is 0.232 e. The SMILES string of the molecule is N#Cc1ccccc1NC(=O)C(Cc1ccccn1)c1ccc(Cl)cc1. The number of aromatic nitrogens is 1. The molecular formula is C21H16ClN3O. The number of nitrogens with one attached hydrogen (secondary N) is 1. The number of amides is 1. The van der Waals surface area contributed by atoms with Crippen LogP contribution in [0, 0.1) is 11.3 Å². The zero-order valence-electron chi connectivity index (χ0n) is 13.9. The van der Waals surface area contributed by atoms with Gasteiger partial charge in [0.2, 0.25) is 5.91 Å². The van der Waals surface area contributed by atoms with E-state index in [2.05, 4.69) is 16.4 Å². The van der Waals surface area contributed by atoms with E-state index in [1.165, 1.54) is 0 Å². The maximum atomic E-state index is 13.0. The van der Waals surface area contributed by atoms with Gasteiger partial charge in [0.05, 0.1) is 17.2 Å². The van der Waals surface area contributed by atoms with Crippen LogP contribution in [0.15, 0.2) is 72.9 Å². The van der Waals surface area contributed by atoms with Gasteiger partial charge in [0.15, 0.2) is 0 Å². The molecule has 4 nitrogen and oxygen atoms in total. The van der Waals surface area contributed by atoms with Gasteiger partial charge in [-0.15, -0.1) is 0 Å². The first-order chi connectivity index (χ1) is 12.7. The maximum absolute atomic E-state index is 13.0. The Morgan fingerprint density at radius 3 is 2.50 bits per heavy atom. The van der Waals surface area contributed by atoms with Crippen molar-refractivity contribution in [1.82, 2.24) is 4.98 Å². The molecule has 1 atom stereocenters. The molecule has 5 heteroatoms. The molecule has 0 radical (unpaired) electrons. The molecule has 1 heterocycles. The van der Waals surface area contributed by atoms with E-state index in [9.17, 15) is 10.1 Å². The second-order valence-corrected chi connectivity index (χ2v) is 6.21. The Hall–Kier alpha value is -3.16. The molecule has 0 aliphatic rings. The highest BCUT2D eigenvalue weighted by Crippen LogP contribution is 2.25. The predicted molar refractivity (Wildman–Crippen MR) is 102 cm³/mol. The number of nitrogens with zero attached hydrogens (tertiary/aromatic N) is 2. The number of hydrogen-bond acceptors (Lipinski definition) is 3. The van der Waals surface area contributed by atoms with E-state index in [1.54, 1.807) is 42.6 Å². The molecule has 26 heavy (non-hydrogen) atoms. The van der Waals surface area contributed by atoms with Crippen molar-refractivity contribution in [3.63, 3.8) is 0 Å². The highest BCUT2D eigenvalue weighted by Gasteiger charge is 2.22. The number of nitriles is 1. The number of halogens is 1. The third-order valence-corrected chi connectivity index (χ3v) is 4.29. The van der Waals surface area contributed by atoms with Crippen LogP contribution in [0.2, 0.25) is 5.02 Å². The molecule has 1 amide bonds. The number of rotatable bonds is 5. The van der Waals surface area contributed by atoms with E-state index >= 15 is 0 Å². The molecule has 0 aliphatic carbocycles. The van der Waals surface area contributed by atoms with Crippen LogP contribution in [0.4, 0.5) is 5.69 Å². The summed E-state index contributed by atoms with van der Waals surface area (Å²) in [5.74, 6) is -0.644. The van der Waals surface area contributed by atoms with Gasteiger partial charge >= 0.3 is 0 Å². The van der Waals surface area contributed by atoms with Gasteiger partial charge in [-0.1, -0.05) is 41.9 Å². The number of carbonyl (C=O) groups excluding carboxylic acids is 1. The molecule has 0 fully saturated rings. The van der Waals surface area contributed by atoms with Crippen molar-refractivity contribution in [2.45, 2.75) is 12.3 Å². The highest BCUT2D eigenvalue weighted by atomic mass is 35.5. The van der Waals surface area contributed by atoms with Gasteiger partial charge in [0.25, 0.3) is 0 Å². The number of hydrogen-bond donors (Lipinski definition) is 1. The van der Waals surface area contributed by atoms with Crippen molar-refractivity contribution in [3.05, 3.63) is 94.8 Å². The lowest BCUT2D eigenvalue weighted by atomic mass is 9.93. The fourth-order valence-electron chi connectivity index (χ4n) is 2.69. The van der Waals surface area contributed by atoms with E-state index in [0.29, 0.717) is 22.7 Å². The molecule has 0 bridgehead atoms. The molecule has 1 aromatic heterocycles. The van der Waals surface area contributed by atoms with Crippen LogP contribution in [0.3, 0.4) is 0 Å². The predicted octanol–water partition coefficient (Wildman–Crippen LogP) is 4.57. The fourth-order valence-corrected chi connectivity index (χ4v) is 2.82. The minimum atomic E-state index is -0.450. The number of carbonyl (C=O) groups is 1. The summed E-state index contributed by atoms with van der Waals surface area (Å²) < 4.78 is 0. The summed E-state index contributed by atoms with van der Waals surface area (Å²) >= 11 is 5.98. The summed E-state index contributed by atoms with van der Waals surface area (Å²) in [6.07, 6.45) is 2.15. The lowest BCUT2D eigenvalue weighted by Gasteiger charge is -2.18. The van der Waals surface area contributed by atoms with Crippen molar-refractivity contribution in [1.29, 1.82) is 5.26 Å². The number of anilines is 1. The monoisotopic (exact) mass is 361 g/mol. The van der Waals surface area contributed by atoms with Crippen molar-refractivity contribution in [2.24, 2.45) is 0 Å². The van der Waals surface area contributed by atoms with Crippen LogP contribution < -0.4 is 5.32 Å². The van der Waals surface area contributed by atoms with Gasteiger partial charge in [0, 0.05) is 23.3 Å². The van der Waals surface area contributed by atoms with Crippen LogP contribution >= 0.6 is 11.6 Å². The molecule has 128 valence electrons. The lowest BCUT2D eigenvalue weighted by molar-refractivity contribution is -0.117. The Kier molecular flexibility index (Phi) is 5.62. The summed E-state index contributed by atoms with van der Waals surface area (Å²) in [4.78, 5) is 17.3. The van der Waals surface area contributed by atoms with E-state index < -0.39 is 5.92 Å². The summed E-state index contributed by atoms with van der Waals surface area (Å²) in [5, 5.41) is 12.7. The highest BCUT2D eigenvalue weighted by molar-refractivity contribution is 6.30. The normalized spacial score (nSPS) is 11.4. The molecule has 0 saturated heterocycles. The first-order valence-electron chi connectivity index (χ1n) is 8.13. The average molecular weight is 362 g/mol. The average Bonchev–Trinajstić information content (AvgIpc) is 2.68. The molecule has 0 saturated carbocycles. The van der Waals surface area contributed by atoms with E-state index in [1.807, 2.05) is 30.3 Å². The molecule has 0 aliphatic heterocycles. The summed E-state index contributed by atoms with van der Waals surface area (Å²) in [7, 11) is 0. The summed E-state index contributed by atoms with van der Waals surface area (Å²) in [6, 6.07) is 21.9. The van der Waals surface area contributed by atoms with Crippen LogP contribution in [0.25, 0.3) is 0 Å². The lowest BCUT2D eigenvalue weighted by Crippen LogP contribution is -2.23. The summed E-state index contributed by atoms with van der Waals surface area (Å²) in [5.41, 5.74) is 2.58. The van der Waals surface area contributed by atoms with Crippen molar-refractivity contribution in [3.8, 4) is 6.07 Å². The second kappa shape index (κ2) is 8.28. The van der Waals surface area contributed by atoms with E-state index in [-0.39, 0.29) is 5.91 Å². The third-order valence-electron chi connectivity index (χ3n) is 4.03. The zero-order valence-corrected chi connectivity index (χ0v) is 14.6. The Morgan fingerprint density at radius 2 is 1.81 bits per heavy atom. The zero-order chi connectivity index (χ0) is 18.4. The third kappa shape index (κ3) is 4.27. The van der Waals surface area contributed by atoms with Crippen molar-refractivity contribution in [2.75, 3.05) is 5.32 Å². The van der Waals surface area contributed by atoms with Crippen LogP contribution in [0.5, 0.6) is 0 Å². The minimum Gasteiger partial charge on any atom is -0.324 e. The first kappa shape index (κ1) is 17.7. The molecule has 3 aromatic rings. The van der Waals surface area contributed by atoms with Gasteiger partial charge in [-0.25, -0.2) is 0 Å². The Morgan fingerprint density at radius 1 is 1.08 bits per heavy atom. The molecule has 2 aromatic carbocycles. The Balaban J connectivity index is 1.90. The summed E-state index contributed by atoms with van der Waals surface area (Å²) in [6.45, 7) is 0. The molecular weight excluding hydrogens is 346 g/mol. The molecule has 1 N–H and O–H groups in total. The first-order valence-corrected chi connectivity index (χ1v) is 8.50. The van der Waals surface area contributed by atoms with Crippen molar-refractivity contribution < 1.29 is 4.79 Å². The van der Waals surface area contributed by atoms with Crippen LogP contribution in [-0.2, 0) is 11.2 Å². The maximum Gasteiger partial charge on any atom is 0.232 e. The number of para-hydroxylation sites is 1. The molecule has 1 unspecified atom stereocenters. The van der Waals surface area contributed by atoms with Gasteiger partial charge in [-0.3, -0.25) is 9.78 Å². The largest absolute Gasteiger partial charge is 0.324 e. The topological polar surface area (TPSA) is 65.8 Å². The van der Waals surface area contributed by atoms with Gasteiger partial charge in [-0.05, 0) is 42.0 Å². The fraction of sp³-hybridized carbons (Fsp3) is 0.0952. The van der Waals surface area contributed by atoms with Gasteiger partial charge in [-0.2, -0.15) is 5.26 Å². The Labute approximate surface area is 157 Å². The van der Waals surface area contributed by atoms with Crippen molar-refractivity contribution >= 4 is 23.2 Å². The molecule has 0 spiro atoms. The Bertz CT molecular complexity index is 933. The van der Waals surface area contributed by atoms with Crippen LogP contribution in [0.1, 0.15) is 22.7 Å². The molecule has 3 rings (SSSR count). The second-order valence-electron chi connectivity index (χ2n) is 5.78. The van der Waals surface area contributed by atoms with E-state index in [0.717, 1.165) is 11.3 Å². The minimum absolute atomic E-state index is 0.194. The van der Waals surface area contributed by atoms with Gasteiger partial charge < -0.3 is 5.32 Å². The van der Waals surface area contributed by atoms with Gasteiger partial charge in [0.1, 0.15) is 6.07 Å². The van der Waals surface area contributed by atoms with E-state index in [4.69, 9.17) is 11.6 Å².